The van der Waals surface area contributed by atoms with Crippen molar-refractivity contribution in [2.24, 2.45) is 0 Å². The topological polar surface area (TPSA) is 12.2 Å². The molecule has 0 radical (unpaired) electrons. The van der Waals surface area contributed by atoms with E-state index >= 15 is 0 Å². The van der Waals surface area contributed by atoms with Gasteiger partial charge in [0.05, 0.1) is 0 Å². The van der Waals surface area contributed by atoms with Crippen LogP contribution in [-0.4, -0.2) is 45.9 Å². The predicted molar refractivity (Wildman–Crippen MR) is 128 cm³/mol. The second kappa shape index (κ2) is 9.30. The third-order valence-corrected chi connectivity index (χ3v) is 7.42. The first-order chi connectivity index (χ1) is 14.6. The number of hydrogen-bond donors (Lipinski definition) is 0. The summed E-state index contributed by atoms with van der Waals surface area (Å²) in [6.45, 7) is 2.70. The van der Waals surface area contributed by atoms with Crippen molar-refractivity contribution in [1.29, 1.82) is 0 Å². The van der Waals surface area contributed by atoms with Gasteiger partial charge in [0, 0.05) is 0 Å². The van der Waals surface area contributed by atoms with Gasteiger partial charge in [0.25, 0.3) is 0 Å². The van der Waals surface area contributed by atoms with Crippen LogP contribution in [0, 0.1) is 0 Å². The maximum atomic E-state index is 5.62. The van der Waals surface area contributed by atoms with Crippen molar-refractivity contribution in [2.45, 2.75) is 6.92 Å². The first-order valence-electron chi connectivity index (χ1n) is 10.2. The molecule has 0 bridgehead atoms. The van der Waals surface area contributed by atoms with E-state index < -0.39 is 0 Å². The molecule has 4 rings (SSSR count). The van der Waals surface area contributed by atoms with Crippen molar-refractivity contribution in [3.63, 3.8) is 0 Å². The molecule has 3 heteroatoms. The second-order valence-electron chi connectivity index (χ2n) is 7.34. The van der Waals surface area contributed by atoms with Gasteiger partial charge >= 0.3 is 186 Å². The monoisotopic (exact) mass is 460 g/mol. The molecule has 0 atom stereocenters. The van der Waals surface area contributed by atoms with E-state index in [9.17, 15) is 0 Å². The maximum absolute atomic E-state index is 5.62. The molecule has 1 aliphatic carbocycles. The van der Waals surface area contributed by atoms with E-state index in [0.29, 0.717) is 6.61 Å². The average molecular weight is 459 g/mol. The zero-order chi connectivity index (χ0) is 20.9. The summed E-state index contributed by atoms with van der Waals surface area (Å²) in [5, 5.41) is 0. The van der Waals surface area contributed by atoms with Crippen molar-refractivity contribution >= 4 is 29.6 Å². The molecule has 0 spiro atoms. The van der Waals surface area contributed by atoms with Crippen LogP contribution in [0.4, 0.5) is 0 Å². The van der Waals surface area contributed by atoms with E-state index in [-0.39, 0.29) is 15.0 Å². The third-order valence-electron chi connectivity index (χ3n) is 5.02. The van der Waals surface area contributed by atoms with E-state index in [0.717, 1.165) is 5.75 Å². The van der Waals surface area contributed by atoms with Gasteiger partial charge in [-0.2, -0.15) is 0 Å². The number of ether oxygens (including phenoxy) is 1. The Morgan fingerprint density at radius 2 is 1.33 bits per heavy atom. The Bertz CT molecular complexity index is 1090. The Kier molecular flexibility index (Phi) is 6.32. The van der Waals surface area contributed by atoms with Crippen LogP contribution in [-0.2, 0) is 0 Å². The van der Waals surface area contributed by atoms with Crippen molar-refractivity contribution in [3.8, 4) is 5.75 Å². The van der Waals surface area contributed by atoms with Crippen LogP contribution in [0.1, 0.15) is 18.1 Å². The molecule has 2 nitrogen and oxygen atoms in total. The normalized spacial score (nSPS) is 15.8. The summed E-state index contributed by atoms with van der Waals surface area (Å²) in [5.41, 5.74) is 6.28. The summed E-state index contributed by atoms with van der Waals surface area (Å²) in [5.74, 6) is 0.924. The van der Waals surface area contributed by atoms with Crippen LogP contribution in [0.3, 0.4) is 0 Å². The van der Waals surface area contributed by atoms with Gasteiger partial charge in [-0.25, -0.2) is 0 Å². The molecule has 0 saturated carbocycles. The molecule has 0 saturated heterocycles. The number of hydrogen-bond acceptors (Lipinski definition) is 1. The number of nitrogens with zero attached hydrogens (tertiary/aromatic N) is 1. The van der Waals surface area contributed by atoms with Crippen molar-refractivity contribution in [1.82, 2.24) is 0 Å². The van der Waals surface area contributed by atoms with Gasteiger partial charge < -0.3 is 0 Å². The molecular formula is C27H26NOSe+. The summed E-state index contributed by atoms with van der Waals surface area (Å²) in [7, 11) is 4.14. The minimum atomic E-state index is 0.238. The number of allylic oxidation sites excluding steroid dienone is 8. The van der Waals surface area contributed by atoms with Crippen molar-refractivity contribution in [2.75, 3.05) is 20.7 Å². The molecule has 2 aromatic carbocycles. The van der Waals surface area contributed by atoms with E-state index in [1.54, 1.807) is 0 Å². The molecule has 0 N–H and O–H groups in total. The van der Waals surface area contributed by atoms with Gasteiger partial charge in [-0.15, -0.1) is 0 Å². The molecule has 150 valence electrons. The number of benzene rings is 2. The van der Waals surface area contributed by atoms with Crippen LogP contribution >= 0.6 is 0 Å². The Hall–Kier alpha value is -2.87. The molecule has 1 aliphatic heterocycles. The van der Waals surface area contributed by atoms with E-state index in [2.05, 4.69) is 110 Å². The fraction of sp³-hybridized carbons (Fsp3) is 0.148. The molecule has 0 aromatic heterocycles. The van der Waals surface area contributed by atoms with Crippen molar-refractivity contribution < 1.29 is 9.31 Å². The summed E-state index contributed by atoms with van der Waals surface area (Å²) < 4.78 is 10.5. The molecule has 0 unspecified atom stereocenters. The fourth-order valence-corrected chi connectivity index (χ4v) is 5.73. The molecule has 30 heavy (non-hydrogen) atoms. The minimum absolute atomic E-state index is 0.238. The summed E-state index contributed by atoms with van der Waals surface area (Å²) in [4.78, 5) is 0. The van der Waals surface area contributed by atoms with E-state index in [1.165, 1.54) is 36.9 Å². The van der Waals surface area contributed by atoms with Crippen LogP contribution in [0.5, 0.6) is 5.75 Å². The van der Waals surface area contributed by atoms with Crippen LogP contribution in [0.2, 0.25) is 0 Å². The third kappa shape index (κ3) is 4.64. The van der Waals surface area contributed by atoms with Crippen molar-refractivity contribution in [3.05, 3.63) is 113 Å². The number of rotatable bonds is 4. The van der Waals surface area contributed by atoms with Crippen LogP contribution in [0.25, 0.3) is 8.94 Å². The van der Waals surface area contributed by atoms with Gasteiger partial charge in [0.15, 0.2) is 0 Å². The summed E-state index contributed by atoms with van der Waals surface area (Å²) in [6.07, 6.45) is 13.5. The van der Waals surface area contributed by atoms with E-state index in [1.807, 2.05) is 6.92 Å². The molecule has 2 aromatic rings. The van der Waals surface area contributed by atoms with Crippen LogP contribution < -0.4 is 4.74 Å². The van der Waals surface area contributed by atoms with Gasteiger partial charge in [-0.1, -0.05) is 0 Å². The summed E-state index contributed by atoms with van der Waals surface area (Å²) in [6, 6.07) is 19.2. The molecule has 0 fully saturated rings. The predicted octanol–water partition coefficient (Wildman–Crippen LogP) is 5.32. The zero-order valence-electron chi connectivity index (χ0n) is 17.6. The van der Waals surface area contributed by atoms with E-state index in [4.69, 9.17) is 4.74 Å². The second-order valence-corrected chi connectivity index (χ2v) is 9.61. The quantitative estimate of drug-likeness (QED) is 0.445. The first-order valence-corrected chi connectivity index (χ1v) is 11.9. The zero-order valence-corrected chi connectivity index (χ0v) is 19.3. The molecular weight excluding hydrogens is 433 g/mol. The van der Waals surface area contributed by atoms with Crippen LogP contribution in [0.15, 0.2) is 102 Å². The standard InChI is InChI=1S/C27H26NOSe/c1-4-29-25-16-12-22(13-17-25)27-19-23(20-10-14-24(15-11-20)28(2)3)18-26(30-27)21-8-6-5-7-9-21/h5-19H,4H2,1-3H3/q+1. The van der Waals surface area contributed by atoms with Gasteiger partial charge in [-0.3, -0.25) is 0 Å². The fourth-order valence-electron chi connectivity index (χ4n) is 3.39. The Morgan fingerprint density at radius 1 is 0.733 bits per heavy atom. The molecule has 0 amide bonds. The summed E-state index contributed by atoms with van der Waals surface area (Å²) >= 11 is 0.238. The van der Waals surface area contributed by atoms with Gasteiger partial charge in [0.1, 0.15) is 0 Å². The van der Waals surface area contributed by atoms with Gasteiger partial charge in [0.2, 0.25) is 0 Å². The Balaban J connectivity index is 1.76. The SMILES string of the molecule is CCOc1ccc(C2=CC(=C3C=CC(=[N+](C)C)C=C3)C=C(c3ccccc3)[Se]2)cc1. The molecule has 2 aliphatic rings. The Labute approximate surface area is 185 Å². The molecule has 1 heterocycles. The van der Waals surface area contributed by atoms with Gasteiger partial charge in [-0.05, 0) is 0 Å². The average Bonchev–Trinajstić information content (AvgIpc) is 2.80. The first kappa shape index (κ1) is 20.4. The Morgan fingerprint density at radius 3 is 1.90 bits per heavy atom.